The zero-order valence-electron chi connectivity index (χ0n) is 16.7. The molecular weight excluding hydrogens is 386 g/mol. The second-order valence-corrected chi connectivity index (χ2v) is 6.83. The fraction of sp³-hybridized carbons (Fsp3) is 0.238. The molecule has 4 rings (SSSR count). The van der Waals surface area contributed by atoms with Crippen molar-refractivity contribution in [3.05, 3.63) is 46.8 Å². The fourth-order valence-corrected chi connectivity index (χ4v) is 3.41. The summed E-state index contributed by atoms with van der Waals surface area (Å²) in [6.45, 7) is 0.252. The van der Waals surface area contributed by atoms with Crippen molar-refractivity contribution in [2.75, 3.05) is 32.6 Å². The molecule has 0 spiro atoms. The zero-order valence-corrected chi connectivity index (χ0v) is 16.7. The van der Waals surface area contributed by atoms with E-state index in [9.17, 15) is 9.90 Å². The second kappa shape index (κ2) is 8.05. The number of rotatable bonds is 7. The Labute approximate surface area is 171 Å². The zero-order chi connectivity index (χ0) is 21.3. The Hall–Kier alpha value is -3.56. The van der Waals surface area contributed by atoms with E-state index in [4.69, 9.17) is 15.2 Å². The Kier molecular flexibility index (Phi) is 5.30. The molecule has 2 aromatic carbocycles. The molecule has 156 valence electrons. The summed E-state index contributed by atoms with van der Waals surface area (Å²) in [5.41, 5.74) is 8.17. The molecule has 0 fully saturated rings. The molecule has 0 aliphatic heterocycles. The number of para-hydroxylation sites is 2. The van der Waals surface area contributed by atoms with E-state index in [1.54, 1.807) is 19.2 Å². The average Bonchev–Trinajstić information content (AvgIpc) is 3.19. The van der Waals surface area contributed by atoms with E-state index < -0.39 is 6.10 Å². The minimum Gasteiger partial charge on any atom is -0.493 e. The summed E-state index contributed by atoms with van der Waals surface area (Å²) in [4.78, 5) is 23.7. The summed E-state index contributed by atoms with van der Waals surface area (Å²) in [6.07, 6.45) is -0.775. The number of anilines is 1. The number of nitrogens with two attached hydrogens (primary N) is 1. The number of nitrogens with zero attached hydrogens (tertiary/aromatic N) is 1. The lowest BCUT2D eigenvalue weighted by atomic mass is 10.1. The number of benzene rings is 2. The van der Waals surface area contributed by atoms with E-state index in [0.717, 1.165) is 11.0 Å². The third-order valence-corrected chi connectivity index (χ3v) is 4.93. The van der Waals surface area contributed by atoms with E-state index in [2.05, 4.69) is 20.3 Å². The van der Waals surface area contributed by atoms with Crippen LogP contribution in [0.1, 0.15) is 0 Å². The lowest BCUT2D eigenvalue weighted by molar-refractivity contribution is 0.196. The molecule has 2 aromatic heterocycles. The minimum atomic E-state index is -0.775. The Morgan fingerprint density at radius 1 is 1.13 bits per heavy atom. The van der Waals surface area contributed by atoms with Crippen molar-refractivity contribution in [1.82, 2.24) is 15.0 Å². The first-order valence-electron chi connectivity index (χ1n) is 9.44. The normalized spacial score (nSPS) is 12.3. The van der Waals surface area contributed by atoms with E-state index in [1.165, 1.54) is 7.11 Å². The van der Waals surface area contributed by atoms with Gasteiger partial charge in [-0.15, -0.1) is 0 Å². The van der Waals surface area contributed by atoms with E-state index in [-0.39, 0.29) is 18.6 Å². The molecule has 0 bridgehead atoms. The summed E-state index contributed by atoms with van der Waals surface area (Å²) in [7, 11) is 3.07. The van der Waals surface area contributed by atoms with Gasteiger partial charge in [-0.1, -0.05) is 12.1 Å². The van der Waals surface area contributed by atoms with E-state index in [1.807, 2.05) is 24.3 Å². The van der Waals surface area contributed by atoms with Crippen molar-refractivity contribution in [2.24, 2.45) is 5.73 Å². The number of aromatic nitrogens is 3. The monoisotopic (exact) mass is 409 g/mol. The lowest BCUT2D eigenvalue weighted by Gasteiger charge is -2.17. The number of methoxy groups -OCH3 is 2. The molecule has 1 unspecified atom stereocenters. The standard InChI is InChI=1S/C21H23N5O4/c1-29-16-7-12-15(8-17(16)30-2)26-21(28)18(19(12)23-10-11(27)9-22)20-24-13-5-3-4-6-14(13)25-20/h3-8,11,27H,9-10,22H2,1-2H3,(H,24,25)(H2,23,26,28). The van der Waals surface area contributed by atoms with Gasteiger partial charge in [-0.25, -0.2) is 4.98 Å². The van der Waals surface area contributed by atoms with Crippen molar-refractivity contribution in [1.29, 1.82) is 0 Å². The molecule has 0 amide bonds. The Bertz CT molecular complexity index is 1230. The molecule has 6 N–H and O–H groups in total. The molecule has 0 aliphatic carbocycles. The van der Waals surface area contributed by atoms with E-state index >= 15 is 0 Å². The molecule has 0 aliphatic rings. The van der Waals surface area contributed by atoms with Gasteiger partial charge in [0.1, 0.15) is 11.4 Å². The maximum absolute atomic E-state index is 13.1. The molecule has 1 atom stereocenters. The number of aromatic amines is 2. The molecule has 0 radical (unpaired) electrons. The van der Waals surface area contributed by atoms with E-state index in [0.29, 0.717) is 39.5 Å². The number of H-pyrrole nitrogens is 2. The minimum absolute atomic E-state index is 0.0885. The highest BCUT2D eigenvalue weighted by atomic mass is 16.5. The van der Waals surface area contributed by atoms with Gasteiger partial charge in [0, 0.05) is 24.5 Å². The molecule has 4 aromatic rings. The third-order valence-electron chi connectivity index (χ3n) is 4.93. The Morgan fingerprint density at radius 3 is 2.57 bits per heavy atom. The van der Waals surface area contributed by atoms with Gasteiger partial charge in [-0.3, -0.25) is 4.79 Å². The Balaban J connectivity index is 1.99. The first-order chi connectivity index (χ1) is 14.5. The molecule has 2 heterocycles. The maximum Gasteiger partial charge on any atom is 0.261 e. The van der Waals surface area contributed by atoms with Gasteiger partial charge in [0.2, 0.25) is 0 Å². The van der Waals surface area contributed by atoms with Gasteiger partial charge in [0.15, 0.2) is 11.5 Å². The van der Waals surface area contributed by atoms with Gasteiger partial charge in [0.25, 0.3) is 5.56 Å². The summed E-state index contributed by atoms with van der Waals surface area (Å²) in [6, 6.07) is 11.0. The van der Waals surface area contributed by atoms with Gasteiger partial charge >= 0.3 is 0 Å². The number of imidazole rings is 1. The smallest absolute Gasteiger partial charge is 0.261 e. The number of hydrogen-bond acceptors (Lipinski definition) is 7. The van der Waals surface area contributed by atoms with Crippen LogP contribution in [0.5, 0.6) is 11.5 Å². The van der Waals surface area contributed by atoms with Crippen LogP contribution >= 0.6 is 0 Å². The van der Waals surface area contributed by atoms with Crippen LogP contribution in [0.25, 0.3) is 33.3 Å². The first-order valence-corrected chi connectivity index (χ1v) is 9.44. The van der Waals surface area contributed by atoms with Crippen molar-refractivity contribution >= 4 is 27.6 Å². The fourth-order valence-electron chi connectivity index (χ4n) is 3.41. The molecular formula is C21H23N5O4. The number of fused-ring (bicyclic) bond motifs is 2. The number of ether oxygens (including phenoxy) is 2. The first kappa shape index (κ1) is 19.7. The van der Waals surface area contributed by atoms with Gasteiger partial charge < -0.3 is 35.6 Å². The molecule has 9 nitrogen and oxygen atoms in total. The Morgan fingerprint density at radius 2 is 1.87 bits per heavy atom. The topological polar surface area (TPSA) is 138 Å². The predicted molar refractivity (Wildman–Crippen MR) is 116 cm³/mol. The number of hydrogen-bond donors (Lipinski definition) is 5. The summed E-state index contributed by atoms with van der Waals surface area (Å²) < 4.78 is 10.8. The van der Waals surface area contributed by atoms with Crippen LogP contribution in [-0.4, -0.2) is 53.5 Å². The van der Waals surface area contributed by atoms with Crippen LogP contribution in [0.4, 0.5) is 5.69 Å². The highest BCUT2D eigenvalue weighted by Crippen LogP contribution is 2.37. The molecule has 0 saturated carbocycles. The van der Waals surface area contributed by atoms with Crippen LogP contribution in [-0.2, 0) is 0 Å². The highest BCUT2D eigenvalue weighted by Gasteiger charge is 2.20. The summed E-state index contributed by atoms with van der Waals surface area (Å²) in [5, 5.41) is 13.8. The van der Waals surface area contributed by atoms with Crippen LogP contribution in [0.3, 0.4) is 0 Å². The molecule has 9 heteroatoms. The van der Waals surface area contributed by atoms with Crippen LogP contribution in [0, 0.1) is 0 Å². The summed E-state index contributed by atoms with van der Waals surface area (Å²) in [5.74, 6) is 1.42. The molecule has 30 heavy (non-hydrogen) atoms. The van der Waals surface area contributed by atoms with Crippen molar-refractivity contribution in [3.8, 4) is 22.9 Å². The third kappa shape index (κ3) is 3.44. The molecule has 0 saturated heterocycles. The van der Waals surface area contributed by atoms with Crippen LogP contribution in [0.15, 0.2) is 41.2 Å². The summed E-state index contributed by atoms with van der Waals surface area (Å²) >= 11 is 0. The van der Waals surface area contributed by atoms with Crippen LogP contribution in [0.2, 0.25) is 0 Å². The number of pyridine rings is 1. The highest BCUT2D eigenvalue weighted by molar-refractivity contribution is 6.00. The number of aliphatic hydroxyl groups is 1. The number of nitrogens with one attached hydrogen (secondary N) is 3. The van der Waals surface area contributed by atoms with Gasteiger partial charge in [-0.2, -0.15) is 0 Å². The average molecular weight is 409 g/mol. The van der Waals surface area contributed by atoms with Gasteiger partial charge in [0.05, 0.1) is 42.6 Å². The lowest BCUT2D eigenvalue weighted by Crippen LogP contribution is -2.28. The predicted octanol–water partition coefficient (Wildman–Crippen LogP) is 1.82. The largest absolute Gasteiger partial charge is 0.493 e. The van der Waals surface area contributed by atoms with Crippen molar-refractivity contribution < 1.29 is 14.6 Å². The SMILES string of the molecule is COc1cc2[nH]c(=O)c(-c3nc4ccccc4[nH]3)c(NCC(O)CN)c2cc1OC. The maximum atomic E-state index is 13.1. The second-order valence-electron chi connectivity index (χ2n) is 6.83. The van der Waals surface area contributed by atoms with Crippen molar-refractivity contribution in [3.63, 3.8) is 0 Å². The quantitative estimate of drug-likeness (QED) is 0.314. The van der Waals surface area contributed by atoms with Crippen LogP contribution < -0.4 is 26.1 Å². The number of aliphatic hydroxyl groups excluding tert-OH is 1. The van der Waals surface area contributed by atoms with Gasteiger partial charge in [-0.05, 0) is 18.2 Å². The van der Waals surface area contributed by atoms with Crippen molar-refractivity contribution in [2.45, 2.75) is 6.10 Å².